The zero-order chi connectivity index (χ0) is 11.7. The zero-order valence-corrected chi connectivity index (χ0v) is 9.57. The molecule has 2 aromatic rings. The zero-order valence-electron chi connectivity index (χ0n) is 8.75. The number of ether oxygens (including phenoxy) is 1. The van der Waals surface area contributed by atoms with Crippen molar-refractivity contribution in [1.29, 1.82) is 0 Å². The van der Waals surface area contributed by atoms with Crippen molar-refractivity contribution >= 4 is 23.3 Å². The fraction of sp³-hybridized carbons (Fsp3) is 0.222. The van der Waals surface area contributed by atoms with Gasteiger partial charge in [-0.15, -0.1) is 0 Å². The first-order chi connectivity index (χ1) is 8.33. The van der Waals surface area contributed by atoms with E-state index in [9.17, 15) is 0 Å². The second-order valence-electron chi connectivity index (χ2n) is 3.50. The molecular formula is C9H10N6OS. The summed E-state index contributed by atoms with van der Waals surface area (Å²) in [5, 5.41) is 4.79. The van der Waals surface area contributed by atoms with Crippen molar-refractivity contribution in [3.63, 3.8) is 0 Å². The van der Waals surface area contributed by atoms with Crippen molar-refractivity contribution in [3.05, 3.63) is 29.2 Å². The van der Waals surface area contributed by atoms with Gasteiger partial charge in [0.1, 0.15) is 5.69 Å². The van der Waals surface area contributed by atoms with E-state index in [1.807, 2.05) is 5.38 Å². The molecule has 2 aromatic heterocycles. The Bertz CT molecular complexity index is 533. The van der Waals surface area contributed by atoms with Crippen LogP contribution in [0.5, 0.6) is 0 Å². The number of fused-ring (bicyclic) bond motifs is 1. The Morgan fingerprint density at radius 1 is 1.53 bits per heavy atom. The van der Waals surface area contributed by atoms with E-state index in [0.717, 1.165) is 11.3 Å². The monoisotopic (exact) mass is 250 g/mol. The van der Waals surface area contributed by atoms with Gasteiger partial charge in [-0.2, -0.15) is 0 Å². The van der Waals surface area contributed by atoms with Gasteiger partial charge in [-0.25, -0.2) is 14.3 Å². The molecule has 0 aromatic carbocycles. The van der Waals surface area contributed by atoms with E-state index in [0.29, 0.717) is 18.4 Å². The Hall–Kier alpha value is -1.93. The normalized spacial score (nSPS) is 18.4. The fourth-order valence-electron chi connectivity index (χ4n) is 1.53. The Morgan fingerprint density at radius 3 is 3.29 bits per heavy atom. The summed E-state index contributed by atoms with van der Waals surface area (Å²) in [5.74, 6) is 0.962. The molecule has 7 nitrogen and oxygen atoms in total. The van der Waals surface area contributed by atoms with Crippen molar-refractivity contribution in [2.45, 2.75) is 12.8 Å². The number of imidazole rings is 1. The molecule has 3 rings (SSSR count). The molecule has 0 aliphatic carbocycles. The van der Waals surface area contributed by atoms with E-state index in [-0.39, 0.29) is 0 Å². The number of nitrogens with one attached hydrogen (secondary N) is 2. The Morgan fingerprint density at radius 2 is 2.47 bits per heavy atom. The number of guanidine groups is 1. The average molecular weight is 250 g/mol. The van der Waals surface area contributed by atoms with Crippen LogP contribution in [0.2, 0.25) is 0 Å². The maximum absolute atomic E-state index is 5.67. The Balaban J connectivity index is 1.76. The molecule has 1 aliphatic heterocycles. The van der Waals surface area contributed by atoms with E-state index in [2.05, 4.69) is 24.7 Å². The van der Waals surface area contributed by atoms with Crippen molar-refractivity contribution in [2.24, 2.45) is 10.7 Å². The van der Waals surface area contributed by atoms with E-state index in [1.165, 1.54) is 11.5 Å². The third-order valence-electron chi connectivity index (χ3n) is 2.31. The van der Waals surface area contributed by atoms with E-state index in [4.69, 9.17) is 10.5 Å². The molecule has 0 amide bonds. The molecule has 1 unspecified atom stereocenters. The second kappa shape index (κ2) is 4.15. The third kappa shape index (κ3) is 1.99. The highest BCUT2D eigenvalue weighted by Gasteiger charge is 2.23. The van der Waals surface area contributed by atoms with Gasteiger partial charge >= 0.3 is 0 Å². The molecule has 3 heterocycles. The van der Waals surface area contributed by atoms with Gasteiger partial charge in [-0.1, -0.05) is 0 Å². The number of aromatic amines is 1. The number of nitrogens with two attached hydrogens (primary N) is 1. The highest BCUT2D eigenvalue weighted by atomic mass is 32.1. The molecule has 0 saturated heterocycles. The van der Waals surface area contributed by atoms with Crippen LogP contribution in [0.15, 0.2) is 22.9 Å². The largest absolute Gasteiger partial charge is 0.370 e. The molecule has 0 radical (unpaired) electrons. The maximum Gasteiger partial charge on any atom is 0.197 e. The van der Waals surface area contributed by atoms with Crippen LogP contribution in [0.25, 0.3) is 0 Å². The molecule has 1 aliphatic rings. The highest BCUT2D eigenvalue weighted by Crippen LogP contribution is 2.27. The minimum Gasteiger partial charge on any atom is -0.370 e. The molecule has 0 spiro atoms. The van der Waals surface area contributed by atoms with Gasteiger partial charge < -0.3 is 20.8 Å². The van der Waals surface area contributed by atoms with Gasteiger partial charge in [-0.05, 0) is 11.5 Å². The van der Waals surface area contributed by atoms with Crippen LogP contribution in [-0.2, 0) is 11.3 Å². The first-order valence-corrected chi connectivity index (χ1v) is 5.80. The maximum atomic E-state index is 5.67. The van der Waals surface area contributed by atoms with Gasteiger partial charge in [0.2, 0.25) is 0 Å². The predicted molar refractivity (Wildman–Crippen MR) is 63.5 cm³/mol. The number of hydrogen-bond donors (Lipinski definition) is 3. The molecular weight excluding hydrogens is 240 g/mol. The third-order valence-corrected chi connectivity index (χ3v) is 2.95. The fourth-order valence-corrected chi connectivity index (χ4v) is 2.05. The van der Waals surface area contributed by atoms with Crippen LogP contribution in [-0.4, -0.2) is 20.3 Å². The smallest absolute Gasteiger partial charge is 0.197 e. The number of aliphatic imine (C=N–C) groups is 1. The van der Waals surface area contributed by atoms with Crippen LogP contribution in [0.3, 0.4) is 0 Å². The Labute approximate surface area is 101 Å². The first kappa shape index (κ1) is 10.2. The topological polar surface area (TPSA) is 101 Å². The summed E-state index contributed by atoms with van der Waals surface area (Å²) in [6, 6.07) is 0. The lowest BCUT2D eigenvalue weighted by Gasteiger charge is -2.19. The Kier molecular flexibility index (Phi) is 2.50. The van der Waals surface area contributed by atoms with Gasteiger partial charge in [0, 0.05) is 17.1 Å². The van der Waals surface area contributed by atoms with Crippen molar-refractivity contribution in [1.82, 2.24) is 14.3 Å². The summed E-state index contributed by atoms with van der Waals surface area (Å²) in [5.41, 5.74) is 7.44. The van der Waals surface area contributed by atoms with Gasteiger partial charge in [0.15, 0.2) is 18.0 Å². The van der Waals surface area contributed by atoms with E-state index < -0.39 is 6.23 Å². The van der Waals surface area contributed by atoms with Gasteiger partial charge in [0.25, 0.3) is 0 Å². The predicted octanol–water partition coefficient (Wildman–Crippen LogP) is 0.822. The number of nitrogens with zero attached hydrogens (tertiary/aromatic N) is 3. The molecule has 0 saturated carbocycles. The molecule has 8 heteroatoms. The highest BCUT2D eigenvalue weighted by molar-refractivity contribution is 7.03. The average Bonchev–Trinajstić information content (AvgIpc) is 2.95. The lowest BCUT2D eigenvalue weighted by Crippen LogP contribution is -2.28. The van der Waals surface area contributed by atoms with Crippen molar-refractivity contribution in [2.75, 3.05) is 5.32 Å². The first-order valence-electron chi connectivity index (χ1n) is 4.96. The second-order valence-corrected chi connectivity index (χ2v) is 4.16. The molecule has 88 valence electrons. The van der Waals surface area contributed by atoms with Crippen LogP contribution >= 0.6 is 11.5 Å². The molecule has 0 bridgehead atoms. The van der Waals surface area contributed by atoms with E-state index >= 15 is 0 Å². The number of aromatic nitrogens is 3. The van der Waals surface area contributed by atoms with Crippen LogP contribution in [0, 0.1) is 0 Å². The summed E-state index contributed by atoms with van der Waals surface area (Å²) >= 11 is 1.39. The van der Waals surface area contributed by atoms with Gasteiger partial charge in [0.05, 0.1) is 12.9 Å². The number of hydrogen-bond acceptors (Lipinski definition) is 7. The van der Waals surface area contributed by atoms with Crippen LogP contribution < -0.4 is 11.1 Å². The lowest BCUT2D eigenvalue weighted by molar-refractivity contribution is 0.0431. The van der Waals surface area contributed by atoms with Crippen molar-refractivity contribution in [3.8, 4) is 0 Å². The number of rotatable bonds is 3. The SMILES string of the molecule is NC1=NC(OCc2cnsc2)c2[nH]cnc2N1. The van der Waals surface area contributed by atoms with Gasteiger partial charge in [-0.3, -0.25) is 0 Å². The standard InChI is InChI=1S/C9H10N6OS/c10-9-14-7-6(11-4-12-7)8(15-9)16-2-5-1-13-17-3-5/h1,3-4,8H,2H2,(H,11,12)(H3,10,14,15). The van der Waals surface area contributed by atoms with E-state index in [1.54, 1.807) is 12.5 Å². The number of anilines is 1. The minimum absolute atomic E-state index is 0.304. The van der Waals surface area contributed by atoms with Crippen LogP contribution in [0.4, 0.5) is 5.82 Å². The molecule has 0 fully saturated rings. The molecule has 17 heavy (non-hydrogen) atoms. The quantitative estimate of drug-likeness (QED) is 0.748. The summed E-state index contributed by atoms with van der Waals surface area (Å²) in [7, 11) is 0. The summed E-state index contributed by atoms with van der Waals surface area (Å²) in [4.78, 5) is 11.2. The summed E-state index contributed by atoms with van der Waals surface area (Å²) < 4.78 is 9.67. The van der Waals surface area contributed by atoms with Crippen molar-refractivity contribution < 1.29 is 4.74 Å². The molecule has 1 atom stereocenters. The lowest BCUT2D eigenvalue weighted by atomic mass is 10.3. The van der Waals surface area contributed by atoms with Crippen LogP contribution in [0.1, 0.15) is 17.5 Å². The number of H-pyrrole nitrogens is 1. The summed E-state index contributed by atoms with van der Waals surface area (Å²) in [6.45, 7) is 0.441. The minimum atomic E-state index is -0.450. The summed E-state index contributed by atoms with van der Waals surface area (Å²) in [6.07, 6.45) is 2.90. The molecule has 4 N–H and O–H groups in total.